The number of furan rings is 1. The number of amides is 2. The Balaban J connectivity index is 1.33. The first kappa shape index (κ1) is 21.8. The van der Waals surface area contributed by atoms with Gasteiger partial charge in [-0.15, -0.1) is 0 Å². The summed E-state index contributed by atoms with van der Waals surface area (Å²) in [6, 6.07) is 11.2. The van der Waals surface area contributed by atoms with Gasteiger partial charge in [0.2, 0.25) is 11.1 Å². The van der Waals surface area contributed by atoms with Crippen molar-refractivity contribution in [1.29, 1.82) is 5.41 Å². The van der Waals surface area contributed by atoms with Gasteiger partial charge >= 0.3 is 0 Å². The van der Waals surface area contributed by atoms with Crippen LogP contribution in [0.2, 0.25) is 0 Å². The molecule has 10 heteroatoms. The van der Waals surface area contributed by atoms with E-state index in [2.05, 4.69) is 26.0 Å². The van der Waals surface area contributed by atoms with E-state index < -0.39 is 5.91 Å². The Morgan fingerprint density at radius 2 is 1.91 bits per heavy atom. The van der Waals surface area contributed by atoms with Crippen LogP contribution in [-0.2, 0) is 9.59 Å². The van der Waals surface area contributed by atoms with Crippen LogP contribution in [0, 0.1) is 5.41 Å². The Bertz CT molecular complexity index is 1220. The molecule has 8 nitrogen and oxygen atoms in total. The number of carbonyl (C=O) groups is 2. The zero-order valence-electron chi connectivity index (χ0n) is 17.6. The van der Waals surface area contributed by atoms with Crippen LogP contribution >= 0.6 is 27.7 Å². The van der Waals surface area contributed by atoms with Crippen molar-refractivity contribution >= 4 is 61.6 Å². The molecule has 1 N–H and O–H groups in total. The predicted molar refractivity (Wildman–Crippen MR) is 132 cm³/mol. The first-order valence-corrected chi connectivity index (χ1v) is 12.2. The van der Waals surface area contributed by atoms with Gasteiger partial charge in [0, 0.05) is 23.1 Å². The number of nitrogens with zero attached hydrogens (tertiary/aromatic N) is 4. The molecule has 0 radical (unpaired) electrons. The van der Waals surface area contributed by atoms with Gasteiger partial charge in [-0.3, -0.25) is 15.0 Å². The molecule has 2 amide bonds. The highest BCUT2D eigenvalue weighted by Gasteiger charge is 2.36. The summed E-state index contributed by atoms with van der Waals surface area (Å²) in [5.74, 6) is 0.502. The highest BCUT2D eigenvalue weighted by Crippen LogP contribution is 2.31. The minimum Gasteiger partial charge on any atom is -0.457 e. The molecular formula is C23H20BrN5O3S. The highest BCUT2D eigenvalue weighted by atomic mass is 79.9. The summed E-state index contributed by atoms with van der Waals surface area (Å²) in [7, 11) is 0. The van der Waals surface area contributed by atoms with Crippen LogP contribution < -0.4 is 0 Å². The number of amidine groups is 2. The van der Waals surface area contributed by atoms with Crippen molar-refractivity contribution in [3.63, 3.8) is 0 Å². The molecule has 168 valence electrons. The van der Waals surface area contributed by atoms with Gasteiger partial charge in [-0.05, 0) is 61.4 Å². The molecule has 33 heavy (non-hydrogen) atoms. The maximum atomic E-state index is 12.6. The molecule has 3 aliphatic heterocycles. The Morgan fingerprint density at radius 1 is 1.15 bits per heavy atom. The van der Waals surface area contributed by atoms with Crippen molar-refractivity contribution in [2.75, 3.05) is 13.1 Å². The summed E-state index contributed by atoms with van der Waals surface area (Å²) in [4.78, 5) is 31.2. The van der Waals surface area contributed by atoms with Crippen molar-refractivity contribution in [1.82, 2.24) is 9.91 Å². The van der Waals surface area contributed by atoms with E-state index in [1.165, 1.54) is 22.8 Å². The number of thioether (sulfide) groups is 1. The lowest BCUT2D eigenvalue weighted by Gasteiger charge is -2.26. The summed E-state index contributed by atoms with van der Waals surface area (Å²) in [6.07, 6.45) is 4.85. The molecule has 3 aliphatic rings. The van der Waals surface area contributed by atoms with E-state index in [4.69, 9.17) is 9.83 Å². The third-order valence-corrected chi connectivity index (χ3v) is 6.99. The van der Waals surface area contributed by atoms with Crippen LogP contribution in [0.15, 0.2) is 61.0 Å². The van der Waals surface area contributed by atoms with E-state index in [1.807, 2.05) is 35.2 Å². The smallest absolute Gasteiger partial charge is 0.283 e. The fourth-order valence-electron chi connectivity index (χ4n) is 3.83. The molecular weight excluding hydrogens is 506 g/mol. The average Bonchev–Trinajstić information content (AvgIpc) is 3.45. The molecule has 0 atom stereocenters. The lowest BCUT2D eigenvalue weighted by atomic mass is 10.1. The Hall–Kier alpha value is -2.98. The highest BCUT2D eigenvalue weighted by molar-refractivity contribution is 9.10. The first-order chi connectivity index (χ1) is 16.0. The molecule has 0 unspecified atom stereocenters. The van der Waals surface area contributed by atoms with Gasteiger partial charge < -0.3 is 9.32 Å². The van der Waals surface area contributed by atoms with E-state index in [1.54, 1.807) is 6.07 Å². The number of hydrogen-bond acceptors (Lipinski definition) is 6. The number of benzene rings is 1. The fraction of sp³-hybridized carbons (Fsp3) is 0.261. The number of aliphatic imine (C=N–C) groups is 1. The topological polar surface area (TPSA) is 102 Å². The molecule has 0 aliphatic carbocycles. The summed E-state index contributed by atoms with van der Waals surface area (Å²) in [6.45, 7) is 1.54. The number of nitrogens with one attached hydrogen (secondary N) is 1. The molecule has 0 saturated carbocycles. The zero-order valence-corrected chi connectivity index (χ0v) is 20.0. The van der Waals surface area contributed by atoms with E-state index >= 15 is 0 Å². The summed E-state index contributed by atoms with van der Waals surface area (Å²) in [5, 5.41) is 15.1. The van der Waals surface area contributed by atoms with E-state index in [-0.39, 0.29) is 23.7 Å². The van der Waals surface area contributed by atoms with Crippen molar-refractivity contribution < 1.29 is 14.0 Å². The minimum absolute atomic E-state index is 0.0195. The van der Waals surface area contributed by atoms with Crippen molar-refractivity contribution in [3.8, 4) is 11.3 Å². The van der Waals surface area contributed by atoms with Crippen LogP contribution in [-0.4, -0.2) is 50.9 Å². The minimum atomic E-state index is -0.529. The van der Waals surface area contributed by atoms with E-state index in [0.717, 1.165) is 42.4 Å². The van der Waals surface area contributed by atoms with E-state index in [9.17, 15) is 9.59 Å². The second-order valence-electron chi connectivity index (χ2n) is 7.84. The summed E-state index contributed by atoms with van der Waals surface area (Å²) < 4.78 is 6.83. The number of halogens is 1. The summed E-state index contributed by atoms with van der Waals surface area (Å²) in [5.41, 5.74) is 0.986. The molecule has 1 fully saturated rings. The number of carbonyl (C=O) groups excluding carboxylic acids is 2. The average molecular weight is 526 g/mol. The molecule has 1 saturated heterocycles. The van der Waals surface area contributed by atoms with Crippen LogP contribution in [0.4, 0.5) is 0 Å². The Labute approximate surface area is 203 Å². The van der Waals surface area contributed by atoms with Crippen LogP contribution in [0.1, 0.15) is 31.4 Å². The van der Waals surface area contributed by atoms with Gasteiger partial charge in [0.15, 0.2) is 5.84 Å². The monoisotopic (exact) mass is 525 g/mol. The number of piperidine rings is 1. The van der Waals surface area contributed by atoms with Crippen molar-refractivity contribution in [2.24, 2.45) is 10.1 Å². The maximum Gasteiger partial charge on any atom is 0.283 e. The number of likely N-dealkylation sites (tertiary alicyclic amines) is 1. The maximum absolute atomic E-state index is 12.6. The molecule has 5 rings (SSSR count). The molecule has 0 bridgehead atoms. The van der Waals surface area contributed by atoms with Gasteiger partial charge in [-0.1, -0.05) is 28.1 Å². The fourth-order valence-corrected chi connectivity index (χ4v) is 4.97. The van der Waals surface area contributed by atoms with Crippen LogP contribution in [0.25, 0.3) is 17.4 Å². The normalized spacial score (nSPS) is 19.6. The largest absolute Gasteiger partial charge is 0.457 e. The van der Waals surface area contributed by atoms with Gasteiger partial charge in [0.25, 0.3) is 5.91 Å². The second kappa shape index (κ2) is 9.11. The third kappa shape index (κ3) is 4.58. The second-order valence-corrected chi connectivity index (χ2v) is 9.80. The van der Waals surface area contributed by atoms with Gasteiger partial charge in [-0.25, -0.2) is 0 Å². The van der Waals surface area contributed by atoms with Crippen LogP contribution in [0.5, 0.6) is 0 Å². The van der Waals surface area contributed by atoms with Gasteiger partial charge in [0.05, 0.1) is 12.0 Å². The number of hydrazone groups is 1. The number of fused-ring (bicyclic) bond motifs is 1. The molecule has 2 aromatic rings. The predicted octanol–water partition coefficient (Wildman–Crippen LogP) is 4.73. The van der Waals surface area contributed by atoms with Crippen molar-refractivity contribution in [3.05, 3.63) is 52.2 Å². The van der Waals surface area contributed by atoms with Gasteiger partial charge in [-0.2, -0.15) is 15.1 Å². The quantitative estimate of drug-likeness (QED) is 0.581. The molecule has 1 aromatic heterocycles. The van der Waals surface area contributed by atoms with Crippen LogP contribution in [0.3, 0.4) is 0 Å². The van der Waals surface area contributed by atoms with Crippen molar-refractivity contribution in [2.45, 2.75) is 25.7 Å². The SMILES string of the molecule is N=C1/C(=C/c2ccc(-c3ccc(Br)cc3)o2)C(=O)N=C2SC(CC(=O)N3CCCCC3)=NN12. The standard InChI is InChI=1S/C23H20BrN5O3S/c24-15-6-4-14(5-7-15)18-9-8-16(32-18)12-17-21(25)29-23(26-22(17)31)33-19(27-29)13-20(30)28-10-2-1-3-11-28/h4-9,12,25H,1-3,10-11,13H2/b17-12-,25-21?. The molecule has 0 spiro atoms. The Kier molecular flexibility index (Phi) is 6.03. The lowest BCUT2D eigenvalue weighted by Crippen LogP contribution is -2.36. The first-order valence-electron chi connectivity index (χ1n) is 10.6. The lowest BCUT2D eigenvalue weighted by molar-refractivity contribution is -0.130. The summed E-state index contributed by atoms with van der Waals surface area (Å²) >= 11 is 4.58. The third-order valence-electron chi connectivity index (χ3n) is 5.55. The number of hydrogen-bond donors (Lipinski definition) is 1. The van der Waals surface area contributed by atoms with Gasteiger partial charge in [0.1, 0.15) is 16.6 Å². The number of rotatable bonds is 4. The molecule has 1 aromatic carbocycles. The zero-order chi connectivity index (χ0) is 22.9. The Morgan fingerprint density at radius 3 is 2.67 bits per heavy atom. The van der Waals surface area contributed by atoms with E-state index in [0.29, 0.717) is 21.7 Å². The molecule has 4 heterocycles.